The number of pyridine rings is 1. The van der Waals surface area contributed by atoms with Gasteiger partial charge in [0.05, 0.1) is 23.9 Å². The summed E-state index contributed by atoms with van der Waals surface area (Å²) in [6.45, 7) is 4.03. The van der Waals surface area contributed by atoms with Crippen LogP contribution < -0.4 is 5.32 Å². The zero-order valence-corrected chi connectivity index (χ0v) is 21.0. The highest BCUT2D eigenvalue weighted by molar-refractivity contribution is 7.15. The van der Waals surface area contributed by atoms with Crippen LogP contribution in [-0.4, -0.2) is 24.0 Å². The first kappa shape index (κ1) is 23.5. The fraction of sp³-hybridized carbons (Fsp3) is 0.100. The number of fused-ring (bicyclic) bond motifs is 1. The second kappa shape index (κ2) is 9.76. The van der Waals surface area contributed by atoms with Crippen LogP contribution >= 0.6 is 11.3 Å². The first-order valence-electron chi connectivity index (χ1n) is 11.5. The summed E-state index contributed by atoms with van der Waals surface area (Å²) in [6, 6.07) is 25.3. The van der Waals surface area contributed by atoms with Crippen LogP contribution in [0.2, 0.25) is 0 Å². The van der Waals surface area contributed by atoms with Crippen molar-refractivity contribution in [2.24, 2.45) is 0 Å². The first-order valence-corrected chi connectivity index (χ1v) is 12.4. The number of ether oxygens (including phenoxy) is 1. The second-order valence-corrected chi connectivity index (χ2v) is 9.49. The third-order valence-corrected chi connectivity index (χ3v) is 6.94. The Hall–Kier alpha value is -4.29. The van der Waals surface area contributed by atoms with E-state index in [-0.39, 0.29) is 5.91 Å². The summed E-state index contributed by atoms with van der Waals surface area (Å²) in [5, 5.41) is 6.03. The molecule has 1 amide bonds. The van der Waals surface area contributed by atoms with E-state index < -0.39 is 5.97 Å². The highest BCUT2D eigenvalue weighted by Gasteiger charge is 2.24. The van der Waals surface area contributed by atoms with Gasteiger partial charge in [0.1, 0.15) is 10.6 Å². The molecule has 3 aromatic carbocycles. The van der Waals surface area contributed by atoms with Crippen molar-refractivity contribution in [1.82, 2.24) is 4.98 Å². The smallest absolute Gasteiger partial charge is 0.341 e. The summed E-state index contributed by atoms with van der Waals surface area (Å²) in [4.78, 5) is 31.2. The van der Waals surface area contributed by atoms with Crippen LogP contribution in [0.25, 0.3) is 33.3 Å². The van der Waals surface area contributed by atoms with Gasteiger partial charge in [-0.1, -0.05) is 71.8 Å². The molecular weight excluding hydrogens is 468 g/mol. The molecule has 5 aromatic rings. The van der Waals surface area contributed by atoms with Crippen LogP contribution in [0.5, 0.6) is 0 Å². The van der Waals surface area contributed by atoms with Crippen LogP contribution in [0, 0.1) is 13.8 Å². The largest absolute Gasteiger partial charge is 0.465 e. The molecular formula is C30H24N2O3S. The maximum atomic E-state index is 13.6. The number of esters is 1. The number of hydrogen-bond acceptors (Lipinski definition) is 5. The summed E-state index contributed by atoms with van der Waals surface area (Å²) in [7, 11) is 1.34. The van der Waals surface area contributed by atoms with E-state index in [1.807, 2.05) is 92.0 Å². The monoisotopic (exact) mass is 492 g/mol. The first-order chi connectivity index (χ1) is 17.4. The van der Waals surface area contributed by atoms with E-state index in [0.717, 1.165) is 38.7 Å². The maximum Gasteiger partial charge on any atom is 0.341 e. The molecule has 0 atom stereocenters. The minimum atomic E-state index is -0.498. The number of carbonyl (C=O) groups excluding carboxylic acids is 2. The van der Waals surface area contributed by atoms with Crippen LogP contribution in [0.4, 0.5) is 5.00 Å². The van der Waals surface area contributed by atoms with Crippen molar-refractivity contribution in [2.75, 3.05) is 12.4 Å². The third kappa shape index (κ3) is 4.51. The van der Waals surface area contributed by atoms with Crippen LogP contribution in [0.3, 0.4) is 0 Å². The number of aromatic nitrogens is 1. The molecule has 5 rings (SSSR count). The normalized spacial score (nSPS) is 10.9. The van der Waals surface area contributed by atoms with Gasteiger partial charge in [0, 0.05) is 21.9 Å². The topological polar surface area (TPSA) is 68.3 Å². The van der Waals surface area contributed by atoms with E-state index in [4.69, 9.17) is 9.72 Å². The van der Waals surface area contributed by atoms with Gasteiger partial charge in [-0.25, -0.2) is 9.78 Å². The second-order valence-electron chi connectivity index (χ2n) is 8.61. The molecule has 0 aliphatic rings. The van der Waals surface area contributed by atoms with Crippen molar-refractivity contribution < 1.29 is 14.3 Å². The number of nitrogens with one attached hydrogen (secondary N) is 1. The zero-order valence-electron chi connectivity index (χ0n) is 20.2. The lowest BCUT2D eigenvalue weighted by Gasteiger charge is -2.12. The lowest BCUT2D eigenvalue weighted by Crippen LogP contribution is -2.15. The van der Waals surface area contributed by atoms with Gasteiger partial charge >= 0.3 is 5.97 Å². The van der Waals surface area contributed by atoms with Crippen LogP contribution in [-0.2, 0) is 4.74 Å². The van der Waals surface area contributed by atoms with Gasteiger partial charge in [0.25, 0.3) is 5.91 Å². The van der Waals surface area contributed by atoms with E-state index in [2.05, 4.69) is 5.32 Å². The molecule has 6 heteroatoms. The molecule has 0 spiro atoms. The standard InChI is InChI=1S/C30H24N2O3S/c1-18-11-13-20(14-12-18)24-17-36-29(27(24)30(34)35-3)32-28(33)23-16-26(21-8-6-7-19(2)15-21)31-25-10-5-4-9-22(23)25/h4-17H,1-3H3,(H,32,33). The quantitative estimate of drug-likeness (QED) is 0.262. The van der Waals surface area contributed by atoms with Crippen LogP contribution in [0.15, 0.2) is 84.2 Å². The number of aryl methyl sites for hydroxylation is 2. The Bertz CT molecular complexity index is 1600. The molecule has 1 N–H and O–H groups in total. The lowest BCUT2D eigenvalue weighted by molar-refractivity contribution is 0.0603. The summed E-state index contributed by atoms with van der Waals surface area (Å²) in [5.74, 6) is -0.813. The molecule has 2 aromatic heterocycles. The Morgan fingerprint density at radius 2 is 1.64 bits per heavy atom. The molecule has 0 saturated carbocycles. The van der Waals surface area contributed by atoms with E-state index in [0.29, 0.717) is 21.8 Å². The number of hydrogen-bond donors (Lipinski definition) is 1. The molecule has 0 fully saturated rings. The molecule has 0 unspecified atom stereocenters. The minimum absolute atomic E-state index is 0.315. The van der Waals surface area contributed by atoms with Crippen LogP contribution in [0.1, 0.15) is 31.8 Å². The Kier molecular flexibility index (Phi) is 6.36. The van der Waals surface area contributed by atoms with E-state index in [1.54, 1.807) is 6.07 Å². The summed E-state index contributed by atoms with van der Waals surface area (Å²) >= 11 is 1.30. The van der Waals surface area contributed by atoms with Gasteiger partial charge in [-0.3, -0.25) is 4.79 Å². The molecule has 0 aliphatic carbocycles. The Morgan fingerprint density at radius 1 is 0.861 bits per heavy atom. The van der Waals surface area contributed by atoms with Gasteiger partial charge in [-0.2, -0.15) is 0 Å². The van der Waals surface area contributed by atoms with E-state index in [1.165, 1.54) is 18.4 Å². The van der Waals surface area contributed by atoms with Crippen molar-refractivity contribution in [3.63, 3.8) is 0 Å². The molecule has 36 heavy (non-hydrogen) atoms. The number of rotatable bonds is 5. The van der Waals surface area contributed by atoms with Crippen molar-refractivity contribution in [1.29, 1.82) is 0 Å². The van der Waals surface area contributed by atoms with E-state index in [9.17, 15) is 9.59 Å². The van der Waals surface area contributed by atoms with Crippen molar-refractivity contribution in [3.8, 4) is 22.4 Å². The third-order valence-electron chi connectivity index (χ3n) is 6.04. The number of thiophene rings is 1. The molecule has 5 nitrogen and oxygen atoms in total. The lowest BCUT2D eigenvalue weighted by atomic mass is 10.0. The van der Waals surface area contributed by atoms with Crippen molar-refractivity contribution >= 4 is 39.1 Å². The molecule has 178 valence electrons. The summed E-state index contributed by atoms with van der Waals surface area (Å²) in [6.07, 6.45) is 0. The van der Waals surface area contributed by atoms with Crippen molar-refractivity contribution in [3.05, 3.63) is 106 Å². The molecule has 0 aliphatic heterocycles. The number of nitrogens with zero attached hydrogens (tertiary/aromatic N) is 1. The number of anilines is 1. The fourth-order valence-electron chi connectivity index (χ4n) is 4.19. The highest BCUT2D eigenvalue weighted by Crippen LogP contribution is 2.37. The fourth-order valence-corrected chi connectivity index (χ4v) is 5.14. The van der Waals surface area contributed by atoms with Gasteiger partial charge in [0.2, 0.25) is 0 Å². The minimum Gasteiger partial charge on any atom is -0.465 e. The molecule has 2 heterocycles. The number of benzene rings is 3. The van der Waals surface area contributed by atoms with Gasteiger partial charge in [0.15, 0.2) is 0 Å². The molecule has 0 bridgehead atoms. The van der Waals surface area contributed by atoms with Gasteiger partial charge < -0.3 is 10.1 Å². The number of amides is 1. The highest BCUT2D eigenvalue weighted by atomic mass is 32.1. The number of para-hydroxylation sites is 1. The SMILES string of the molecule is COC(=O)c1c(-c2ccc(C)cc2)csc1NC(=O)c1cc(-c2cccc(C)c2)nc2ccccc12. The Morgan fingerprint density at radius 3 is 2.39 bits per heavy atom. The average molecular weight is 493 g/mol. The maximum absolute atomic E-state index is 13.6. The summed E-state index contributed by atoms with van der Waals surface area (Å²) in [5.41, 5.74) is 7.03. The van der Waals surface area contributed by atoms with Gasteiger partial charge in [-0.05, 0) is 37.6 Å². The zero-order chi connectivity index (χ0) is 25.2. The van der Waals surface area contributed by atoms with Crippen molar-refractivity contribution in [2.45, 2.75) is 13.8 Å². The Balaban J connectivity index is 1.58. The average Bonchev–Trinajstić information content (AvgIpc) is 3.31. The predicted octanol–water partition coefficient (Wildman–Crippen LogP) is 7.29. The Labute approximate surface area is 213 Å². The number of carbonyl (C=O) groups is 2. The van der Waals surface area contributed by atoms with E-state index >= 15 is 0 Å². The molecule has 0 radical (unpaired) electrons. The molecule has 0 saturated heterocycles. The van der Waals surface area contributed by atoms with Gasteiger partial charge in [-0.15, -0.1) is 11.3 Å². The summed E-state index contributed by atoms with van der Waals surface area (Å²) < 4.78 is 5.07. The number of methoxy groups -OCH3 is 1. The predicted molar refractivity (Wildman–Crippen MR) is 146 cm³/mol.